The molecule has 1 aliphatic rings. The number of amides is 1. The molecule has 0 bridgehead atoms. The number of rotatable bonds is 4. The van der Waals surface area contributed by atoms with E-state index < -0.39 is 0 Å². The first-order chi connectivity index (χ1) is 9.63. The highest BCUT2D eigenvalue weighted by Gasteiger charge is 2.29. The third-order valence-corrected chi connectivity index (χ3v) is 4.72. The lowest BCUT2D eigenvalue weighted by Gasteiger charge is -2.36. The van der Waals surface area contributed by atoms with E-state index in [4.69, 9.17) is 0 Å². The molecule has 110 valence electrons. The number of carbonyl (C=O) groups is 1. The Bertz CT molecular complexity index is 466. The average molecular weight is 342 g/mol. The number of piperidine rings is 1. The van der Waals surface area contributed by atoms with Crippen LogP contribution in [-0.2, 0) is 11.2 Å². The Labute approximate surface area is 128 Å². The number of halogens is 2. The van der Waals surface area contributed by atoms with Crippen molar-refractivity contribution in [2.45, 2.75) is 49.9 Å². The highest BCUT2D eigenvalue weighted by atomic mass is 79.9. The van der Waals surface area contributed by atoms with Crippen LogP contribution in [0.5, 0.6) is 0 Å². The molecule has 4 heteroatoms. The quantitative estimate of drug-likeness (QED) is 0.760. The third kappa shape index (κ3) is 3.60. The molecule has 1 aliphatic heterocycles. The molecule has 2 rings (SSSR count). The summed E-state index contributed by atoms with van der Waals surface area (Å²) in [6.45, 7) is 2.95. The fraction of sp³-hybridized carbons (Fsp3) is 0.562. The zero-order valence-electron chi connectivity index (χ0n) is 11.8. The molecule has 2 nitrogen and oxygen atoms in total. The van der Waals surface area contributed by atoms with Gasteiger partial charge in [-0.1, -0.05) is 41.1 Å². The molecular weight excluding hydrogens is 321 g/mol. The van der Waals surface area contributed by atoms with E-state index in [1.807, 2.05) is 4.90 Å². The van der Waals surface area contributed by atoms with Gasteiger partial charge < -0.3 is 4.90 Å². The number of likely N-dealkylation sites (tertiary alicyclic amines) is 1. The lowest BCUT2D eigenvalue weighted by molar-refractivity contribution is -0.134. The first-order valence-corrected chi connectivity index (χ1v) is 8.23. The highest BCUT2D eigenvalue weighted by Crippen LogP contribution is 2.23. The number of alkyl halides is 1. The summed E-state index contributed by atoms with van der Waals surface area (Å²) in [6, 6.07) is 7.00. The second-order valence-corrected chi connectivity index (χ2v) is 6.46. The summed E-state index contributed by atoms with van der Waals surface area (Å²) in [5.74, 6) is -0.143. The first-order valence-electron chi connectivity index (χ1n) is 7.31. The van der Waals surface area contributed by atoms with E-state index in [-0.39, 0.29) is 16.6 Å². The molecule has 0 radical (unpaired) electrons. The van der Waals surface area contributed by atoms with E-state index in [2.05, 4.69) is 22.9 Å². The number of nitrogens with zero attached hydrogens (tertiary/aromatic N) is 1. The van der Waals surface area contributed by atoms with Crippen molar-refractivity contribution in [2.75, 3.05) is 6.54 Å². The van der Waals surface area contributed by atoms with Crippen molar-refractivity contribution in [3.63, 3.8) is 0 Å². The van der Waals surface area contributed by atoms with Crippen LogP contribution in [0.2, 0.25) is 0 Å². The van der Waals surface area contributed by atoms with Crippen molar-refractivity contribution in [3.05, 3.63) is 35.6 Å². The smallest absolute Gasteiger partial charge is 0.236 e. The second-order valence-electron chi connectivity index (χ2n) is 5.35. The lowest BCUT2D eigenvalue weighted by Crippen LogP contribution is -2.47. The normalized spacial score (nSPS) is 20.8. The lowest BCUT2D eigenvalue weighted by atomic mass is 9.99. The van der Waals surface area contributed by atoms with Crippen molar-refractivity contribution in [3.8, 4) is 0 Å². The maximum atomic E-state index is 13.7. The summed E-state index contributed by atoms with van der Waals surface area (Å²) in [5, 5.41) is 0. The maximum absolute atomic E-state index is 13.7. The molecule has 1 amide bonds. The molecule has 1 saturated heterocycles. The summed E-state index contributed by atoms with van der Waals surface area (Å²) in [4.78, 5) is 14.2. The minimum Gasteiger partial charge on any atom is -0.339 e. The number of carbonyl (C=O) groups excluding carboxylic acids is 1. The van der Waals surface area contributed by atoms with E-state index in [1.54, 1.807) is 18.2 Å². The molecule has 0 spiro atoms. The molecule has 0 saturated carbocycles. The van der Waals surface area contributed by atoms with Gasteiger partial charge in [-0.2, -0.15) is 0 Å². The van der Waals surface area contributed by atoms with Crippen LogP contribution in [0.1, 0.15) is 38.2 Å². The largest absolute Gasteiger partial charge is 0.339 e. The van der Waals surface area contributed by atoms with E-state index in [9.17, 15) is 9.18 Å². The molecule has 1 fully saturated rings. The van der Waals surface area contributed by atoms with Crippen LogP contribution < -0.4 is 0 Å². The van der Waals surface area contributed by atoms with E-state index >= 15 is 0 Å². The summed E-state index contributed by atoms with van der Waals surface area (Å²) in [6.07, 6.45) is 4.75. The molecule has 2 atom stereocenters. The van der Waals surface area contributed by atoms with Crippen molar-refractivity contribution in [2.24, 2.45) is 0 Å². The van der Waals surface area contributed by atoms with Crippen LogP contribution in [0.25, 0.3) is 0 Å². The summed E-state index contributed by atoms with van der Waals surface area (Å²) < 4.78 is 13.7. The van der Waals surface area contributed by atoms with Gasteiger partial charge in [0.15, 0.2) is 0 Å². The third-order valence-electron chi connectivity index (χ3n) is 4.01. The van der Waals surface area contributed by atoms with Gasteiger partial charge in [0.1, 0.15) is 5.82 Å². The van der Waals surface area contributed by atoms with Gasteiger partial charge in [-0.05, 0) is 43.7 Å². The average Bonchev–Trinajstić information content (AvgIpc) is 2.48. The number of benzene rings is 1. The van der Waals surface area contributed by atoms with Gasteiger partial charge in [-0.15, -0.1) is 0 Å². The predicted octanol–water partition coefficient (Wildman–Crippen LogP) is 3.92. The molecule has 0 N–H and O–H groups in total. The Morgan fingerprint density at radius 3 is 2.90 bits per heavy atom. The zero-order valence-corrected chi connectivity index (χ0v) is 13.4. The molecule has 20 heavy (non-hydrogen) atoms. The minimum atomic E-state index is -0.341. The van der Waals surface area contributed by atoms with E-state index in [0.717, 1.165) is 25.8 Å². The van der Waals surface area contributed by atoms with Gasteiger partial charge in [0.25, 0.3) is 0 Å². The van der Waals surface area contributed by atoms with Gasteiger partial charge in [0.05, 0.1) is 4.83 Å². The Morgan fingerprint density at radius 1 is 1.45 bits per heavy atom. The van der Waals surface area contributed by atoms with Crippen LogP contribution in [0.3, 0.4) is 0 Å². The van der Waals surface area contributed by atoms with Crippen LogP contribution in [0.15, 0.2) is 24.3 Å². The van der Waals surface area contributed by atoms with Gasteiger partial charge in [-0.3, -0.25) is 4.79 Å². The Balaban J connectivity index is 2.03. The molecular formula is C16H21BrFNO. The Morgan fingerprint density at radius 2 is 2.20 bits per heavy atom. The SMILES string of the molecule is CCC1CCCCN1C(=O)C(Br)Cc1ccccc1F. The Hall–Kier alpha value is -0.900. The summed E-state index contributed by atoms with van der Waals surface area (Å²) >= 11 is 3.45. The van der Waals surface area contributed by atoms with Gasteiger partial charge in [0.2, 0.25) is 5.91 Å². The molecule has 1 heterocycles. The first kappa shape index (κ1) is 15.5. The predicted molar refractivity (Wildman–Crippen MR) is 82.5 cm³/mol. The van der Waals surface area contributed by atoms with E-state index in [0.29, 0.717) is 18.0 Å². The zero-order chi connectivity index (χ0) is 14.5. The van der Waals surface area contributed by atoms with E-state index in [1.165, 1.54) is 12.5 Å². The van der Waals surface area contributed by atoms with Crippen LogP contribution >= 0.6 is 15.9 Å². The second kappa shape index (κ2) is 7.21. The van der Waals surface area contributed by atoms with Crippen molar-refractivity contribution in [1.29, 1.82) is 0 Å². The number of hydrogen-bond acceptors (Lipinski definition) is 1. The fourth-order valence-corrected chi connectivity index (χ4v) is 3.45. The molecule has 2 unspecified atom stereocenters. The van der Waals surface area contributed by atoms with Gasteiger partial charge in [-0.25, -0.2) is 4.39 Å². The van der Waals surface area contributed by atoms with Crippen LogP contribution in [0, 0.1) is 5.82 Å². The summed E-state index contributed by atoms with van der Waals surface area (Å²) in [7, 11) is 0. The maximum Gasteiger partial charge on any atom is 0.236 e. The molecule has 1 aromatic carbocycles. The molecule has 0 aliphatic carbocycles. The summed E-state index contributed by atoms with van der Waals surface area (Å²) in [5.41, 5.74) is 0.591. The van der Waals surface area contributed by atoms with Gasteiger partial charge >= 0.3 is 0 Å². The highest BCUT2D eigenvalue weighted by molar-refractivity contribution is 9.10. The standard InChI is InChI=1S/C16H21BrFNO/c1-2-13-8-5-6-10-19(13)16(20)14(17)11-12-7-3-4-9-15(12)18/h3-4,7,9,13-14H,2,5-6,8,10-11H2,1H3. The molecule has 0 aromatic heterocycles. The molecule has 1 aromatic rings. The Kier molecular flexibility index (Phi) is 5.58. The monoisotopic (exact) mass is 341 g/mol. The van der Waals surface area contributed by atoms with Crippen molar-refractivity contribution in [1.82, 2.24) is 4.90 Å². The fourth-order valence-electron chi connectivity index (χ4n) is 2.84. The van der Waals surface area contributed by atoms with Gasteiger partial charge in [0, 0.05) is 12.6 Å². The van der Waals surface area contributed by atoms with Crippen LogP contribution in [0.4, 0.5) is 4.39 Å². The van der Waals surface area contributed by atoms with Crippen molar-refractivity contribution >= 4 is 21.8 Å². The van der Waals surface area contributed by atoms with Crippen molar-refractivity contribution < 1.29 is 9.18 Å². The minimum absolute atomic E-state index is 0.0970. The topological polar surface area (TPSA) is 20.3 Å². The number of hydrogen-bond donors (Lipinski definition) is 0. The van der Waals surface area contributed by atoms with Crippen LogP contribution in [-0.4, -0.2) is 28.2 Å².